The first-order chi connectivity index (χ1) is 7.83. The van der Waals surface area contributed by atoms with Crippen LogP contribution in [-0.4, -0.2) is 19.0 Å². The van der Waals surface area contributed by atoms with E-state index < -0.39 is 5.79 Å². The average Bonchev–Trinajstić information content (AvgIpc) is 2.06. The summed E-state index contributed by atoms with van der Waals surface area (Å²) in [5.41, 5.74) is 0.834. The van der Waals surface area contributed by atoms with Crippen molar-refractivity contribution in [3.8, 4) is 0 Å². The Morgan fingerprint density at radius 2 is 1.33 bits per heavy atom. The summed E-state index contributed by atoms with van der Waals surface area (Å²) in [5, 5.41) is 0. The van der Waals surface area contributed by atoms with Crippen molar-refractivity contribution in [1.29, 1.82) is 0 Å². The molecular formula is C16H32O2. The van der Waals surface area contributed by atoms with E-state index in [4.69, 9.17) is 9.47 Å². The second-order valence-electron chi connectivity index (χ2n) is 8.87. The highest BCUT2D eigenvalue weighted by molar-refractivity contribution is 4.87. The second-order valence-corrected chi connectivity index (χ2v) is 8.87. The predicted octanol–water partition coefficient (Wildman–Crippen LogP) is 4.63. The molecular weight excluding hydrogens is 224 g/mol. The Labute approximate surface area is 113 Å². The van der Waals surface area contributed by atoms with Crippen LogP contribution in [0.4, 0.5) is 0 Å². The van der Waals surface area contributed by atoms with Crippen molar-refractivity contribution in [3.63, 3.8) is 0 Å². The molecule has 18 heavy (non-hydrogen) atoms. The van der Waals surface area contributed by atoms with Crippen molar-refractivity contribution in [2.45, 2.75) is 74.0 Å². The van der Waals surface area contributed by atoms with E-state index in [1.807, 2.05) is 13.8 Å². The monoisotopic (exact) mass is 256 g/mol. The zero-order valence-corrected chi connectivity index (χ0v) is 13.6. The lowest BCUT2D eigenvalue weighted by Gasteiger charge is -2.46. The fraction of sp³-hybridized carbons (Fsp3) is 1.00. The van der Waals surface area contributed by atoms with Gasteiger partial charge in [-0.2, -0.15) is 0 Å². The van der Waals surface area contributed by atoms with E-state index in [0.29, 0.717) is 10.8 Å². The van der Waals surface area contributed by atoms with Gasteiger partial charge in [-0.1, -0.05) is 41.5 Å². The molecule has 0 aliphatic carbocycles. The minimum Gasteiger partial charge on any atom is -0.350 e. The molecule has 1 heterocycles. The van der Waals surface area contributed by atoms with Gasteiger partial charge in [0, 0.05) is 5.41 Å². The van der Waals surface area contributed by atoms with Gasteiger partial charge in [0.15, 0.2) is 5.79 Å². The Morgan fingerprint density at radius 3 is 1.72 bits per heavy atom. The van der Waals surface area contributed by atoms with Crippen LogP contribution in [0.2, 0.25) is 0 Å². The third kappa shape index (κ3) is 5.27. The van der Waals surface area contributed by atoms with Gasteiger partial charge in [-0.3, -0.25) is 0 Å². The molecule has 1 rings (SSSR count). The molecule has 2 heteroatoms. The molecule has 0 unspecified atom stereocenters. The van der Waals surface area contributed by atoms with Crippen LogP contribution in [0.1, 0.15) is 68.2 Å². The highest BCUT2D eigenvalue weighted by atomic mass is 16.7. The van der Waals surface area contributed by atoms with E-state index in [0.717, 1.165) is 19.6 Å². The minimum absolute atomic E-state index is 0.143. The van der Waals surface area contributed by atoms with Gasteiger partial charge < -0.3 is 9.47 Å². The molecule has 0 aromatic rings. The molecule has 0 atom stereocenters. The van der Waals surface area contributed by atoms with E-state index >= 15 is 0 Å². The Hall–Kier alpha value is -0.0800. The van der Waals surface area contributed by atoms with Crippen molar-refractivity contribution in [3.05, 3.63) is 0 Å². The van der Waals surface area contributed by atoms with Gasteiger partial charge in [-0.15, -0.1) is 0 Å². The first kappa shape index (κ1) is 16.0. The van der Waals surface area contributed by atoms with Crippen LogP contribution in [0.15, 0.2) is 0 Å². The highest BCUT2D eigenvalue weighted by Crippen LogP contribution is 2.44. The summed E-state index contributed by atoms with van der Waals surface area (Å²) >= 11 is 0. The average molecular weight is 256 g/mol. The second kappa shape index (κ2) is 4.79. The summed E-state index contributed by atoms with van der Waals surface area (Å²) in [7, 11) is 0. The van der Waals surface area contributed by atoms with Gasteiger partial charge in [-0.05, 0) is 37.5 Å². The zero-order valence-electron chi connectivity index (χ0n) is 13.6. The molecule has 0 spiro atoms. The summed E-state index contributed by atoms with van der Waals surface area (Å²) in [6.45, 7) is 19.5. The molecule has 0 saturated carbocycles. The first-order valence-electron chi connectivity index (χ1n) is 7.11. The van der Waals surface area contributed by atoms with E-state index in [1.165, 1.54) is 6.42 Å². The molecule has 0 aromatic heterocycles. The fourth-order valence-corrected chi connectivity index (χ4v) is 3.53. The molecule has 0 bridgehead atoms. The van der Waals surface area contributed by atoms with Crippen molar-refractivity contribution in [1.82, 2.24) is 0 Å². The molecule has 0 N–H and O–H groups in total. The fourth-order valence-electron chi connectivity index (χ4n) is 3.53. The zero-order chi connectivity index (χ0) is 14.2. The van der Waals surface area contributed by atoms with Gasteiger partial charge in [0.2, 0.25) is 0 Å². The van der Waals surface area contributed by atoms with Crippen molar-refractivity contribution in [2.75, 3.05) is 13.2 Å². The lowest BCUT2D eigenvalue weighted by Crippen LogP contribution is -2.47. The highest BCUT2D eigenvalue weighted by Gasteiger charge is 2.41. The van der Waals surface area contributed by atoms with Gasteiger partial charge in [0.1, 0.15) is 0 Å². The summed E-state index contributed by atoms with van der Waals surface area (Å²) in [6.07, 6.45) is 2.37. The Morgan fingerprint density at radius 1 is 0.889 bits per heavy atom. The largest absolute Gasteiger partial charge is 0.350 e. The molecule has 108 valence electrons. The van der Waals surface area contributed by atoms with E-state index in [2.05, 4.69) is 41.5 Å². The normalized spacial score (nSPS) is 24.0. The van der Waals surface area contributed by atoms with Crippen LogP contribution >= 0.6 is 0 Å². The molecule has 0 radical (unpaired) electrons. The molecule has 0 amide bonds. The lowest BCUT2D eigenvalue weighted by molar-refractivity contribution is -0.286. The van der Waals surface area contributed by atoms with Crippen LogP contribution in [0, 0.1) is 16.2 Å². The van der Waals surface area contributed by atoms with E-state index in [9.17, 15) is 0 Å². The summed E-state index contributed by atoms with van der Waals surface area (Å²) < 4.78 is 11.7. The van der Waals surface area contributed by atoms with Gasteiger partial charge in [-0.25, -0.2) is 0 Å². The maximum atomic E-state index is 5.83. The molecule has 1 fully saturated rings. The predicted molar refractivity (Wildman–Crippen MR) is 76.6 cm³/mol. The van der Waals surface area contributed by atoms with Crippen molar-refractivity contribution >= 4 is 0 Å². The lowest BCUT2D eigenvalue weighted by atomic mass is 9.68. The third-order valence-corrected chi connectivity index (χ3v) is 3.45. The maximum Gasteiger partial charge on any atom is 0.162 e. The smallest absolute Gasteiger partial charge is 0.162 e. The number of hydrogen-bond donors (Lipinski definition) is 0. The summed E-state index contributed by atoms with van der Waals surface area (Å²) in [6, 6.07) is 0. The maximum absolute atomic E-state index is 5.83. The van der Waals surface area contributed by atoms with Crippen LogP contribution in [-0.2, 0) is 9.47 Å². The molecule has 1 aliphatic heterocycles. The molecule has 1 saturated heterocycles. The number of ether oxygens (including phenoxy) is 2. The Balaban J connectivity index is 2.61. The van der Waals surface area contributed by atoms with Gasteiger partial charge in [0.25, 0.3) is 0 Å². The molecule has 0 aromatic carbocycles. The quantitative estimate of drug-likeness (QED) is 0.733. The third-order valence-electron chi connectivity index (χ3n) is 3.45. The van der Waals surface area contributed by atoms with Crippen LogP contribution in [0.5, 0.6) is 0 Å². The first-order valence-corrected chi connectivity index (χ1v) is 7.11. The van der Waals surface area contributed by atoms with Crippen molar-refractivity contribution < 1.29 is 9.47 Å². The number of rotatable bonds is 3. The van der Waals surface area contributed by atoms with Crippen LogP contribution in [0.3, 0.4) is 0 Å². The number of hydrogen-bond acceptors (Lipinski definition) is 2. The molecule has 1 aliphatic rings. The summed E-state index contributed by atoms with van der Waals surface area (Å²) in [4.78, 5) is 0. The minimum atomic E-state index is -0.409. The van der Waals surface area contributed by atoms with E-state index in [1.54, 1.807) is 0 Å². The Kier molecular flexibility index (Phi) is 4.25. The summed E-state index contributed by atoms with van der Waals surface area (Å²) in [5.74, 6) is -0.409. The topological polar surface area (TPSA) is 18.5 Å². The van der Waals surface area contributed by atoms with Crippen molar-refractivity contribution in [2.24, 2.45) is 16.2 Å². The molecule has 2 nitrogen and oxygen atoms in total. The Bertz CT molecular complexity index is 274. The SMILES string of the molecule is CC(C)(C)CC(C)(C)CC1(C)COC(C)(C)OC1. The van der Waals surface area contributed by atoms with Gasteiger partial charge in [0.05, 0.1) is 13.2 Å². The van der Waals surface area contributed by atoms with Crippen LogP contribution in [0.25, 0.3) is 0 Å². The van der Waals surface area contributed by atoms with E-state index in [-0.39, 0.29) is 5.41 Å². The standard InChI is InChI=1S/C16H32O2/c1-13(2,3)9-14(4,5)10-16(8)11-17-15(6,7)18-12-16/h9-12H2,1-8H3. The van der Waals surface area contributed by atoms with Crippen LogP contribution < -0.4 is 0 Å². The van der Waals surface area contributed by atoms with Gasteiger partial charge >= 0.3 is 0 Å².